The molecule has 1 spiro atoms. The molecule has 0 bridgehead atoms. The number of nitrogens with zero attached hydrogens (tertiary/aromatic N) is 3. The minimum atomic E-state index is -0.280. The summed E-state index contributed by atoms with van der Waals surface area (Å²) in [5, 5.41) is 2.96. The SMILES string of the molecule is C=C(Oc1cccnc1)C(=O)NCC1CC12CCN(C(=O)CC1CCN(CC)CC1)CC2. The van der Waals surface area contributed by atoms with Gasteiger partial charge in [0.05, 0.1) is 6.20 Å². The number of amides is 2. The predicted molar refractivity (Wildman–Crippen MR) is 123 cm³/mol. The van der Waals surface area contributed by atoms with Crippen LogP contribution in [-0.4, -0.2) is 65.9 Å². The van der Waals surface area contributed by atoms with Crippen molar-refractivity contribution < 1.29 is 14.3 Å². The van der Waals surface area contributed by atoms with E-state index in [1.807, 2.05) is 0 Å². The Labute approximate surface area is 191 Å². The molecule has 1 aromatic heterocycles. The maximum Gasteiger partial charge on any atom is 0.286 e. The number of ether oxygens (including phenoxy) is 1. The molecule has 3 heterocycles. The average Bonchev–Trinajstić information content (AvgIpc) is 3.50. The summed E-state index contributed by atoms with van der Waals surface area (Å²) in [6.07, 6.45) is 9.42. The van der Waals surface area contributed by atoms with E-state index in [0.717, 1.165) is 64.8 Å². The highest BCUT2D eigenvalue weighted by atomic mass is 16.5. The van der Waals surface area contributed by atoms with Crippen molar-refractivity contribution in [3.63, 3.8) is 0 Å². The lowest BCUT2D eigenvalue weighted by Gasteiger charge is -2.35. The van der Waals surface area contributed by atoms with Gasteiger partial charge in [0.25, 0.3) is 5.91 Å². The van der Waals surface area contributed by atoms with Crippen LogP contribution >= 0.6 is 0 Å². The fourth-order valence-corrected chi connectivity index (χ4v) is 5.33. The second-order valence-electron chi connectivity index (χ2n) is 9.65. The van der Waals surface area contributed by atoms with Crippen LogP contribution in [0.4, 0.5) is 0 Å². The Balaban J connectivity index is 1.15. The molecule has 2 aliphatic heterocycles. The normalized spacial score (nSPS) is 23.0. The molecule has 0 aromatic carbocycles. The van der Waals surface area contributed by atoms with Crippen molar-refractivity contribution in [2.75, 3.05) is 39.3 Å². The summed E-state index contributed by atoms with van der Waals surface area (Å²) in [6.45, 7) is 11.7. The van der Waals surface area contributed by atoms with E-state index in [2.05, 4.69) is 33.6 Å². The summed E-state index contributed by atoms with van der Waals surface area (Å²) < 4.78 is 5.46. The second kappa shape index (κ2) is 10.0. The summed E-state index contributed by atoms with van der Waals surface area (Å²) in [5.74, 6) is 1.67. The number of hydrogen-bond donors (Lipinski definition) is 1. The van der Waals surface area contributed by atoms with Gasteiger partial charge in [-0.05, 0) is 81.1 Å². The van der Waals surface area contributed by atoms with Crippen LogP contribution in [0, 0.1) is 17.3 Å². The van der Waals surface area contributed by atoms with Crippen LogP contribution < -0.4 is 10.1 Å². The maximum absolute atomic E-state index is 12.8. The van der Waals surface area contributed by atoms with Gasteiger partial charge in [-0.15, -0.1) is 0 Å². The lowest BCUT2D eigenvalue weighted by atomic mass is 9.89. The van der Waals surface area contributed by atoms with Crippen LogP contribution in [0.2, 0.25) is 0 Å². The van der Waals surface area contributed by atoms with Crippen LogP contribution in [-0.2, 0) is 9.59 Å². The minimum Gasteiger partial charge on any atom is -0.451 e. The highest BCUT2D eigenvalue weighted by Crippen LogP contribution is 2.59. The summed E-state index contributed by atoms with van der Waals surface area (Å²) in [5.41, 5.74) is 0.294. The molecule has 7 nitrogen and oxygen atoms in total. The number of likely N-dealkylation sites (tertiary alicyclic amines) is 2. The molecule has 4 rings (SSSR count). The zero-order valence-corrected chi connectivity index (χ0v) is 19.2. The largest absolute Gasteiger partial charge is 0.451 e. The number of carbonyl (C=O) groups excluding carboxylic acids is 2. The molecule has 2 amide bonds. The standard InChI is InChI=1S/C25H36N4O3/c1-3-28-11-6-20(7-12-28)15-23(30)29-13-8-25(9-14-29)16-21(25)17-27-24(31)19(2)32-22-5-4-10-26-18-22/h4-5,10,18,20-21H,2-3,6-9,11-17H2,1H3,(H,27,31). The first kappa shape index (κ1) is 22.8. The monoisotopic (exact) mass is 440 g/mol. The number of rotatable bonds is 8. The molecule has 1 aromatic rings. The quantitative estimate of drug-likeness (QED) is 0.497. The Hall–Kier alpha value is -2.41. The smallest absolute Gasteiger partial charge is 0.286 e. The van der Waals surface area contributed by atoms with Crippen molar-refractivity contribution in [3.8, 4) is 5.75 Å². The molecule has 1 aliphatic carbocycles. The molecule has 32 heavy (non-hydrogen) atoms. The van der Waals surface area contributed by atoms with Crippen LogP contribution in [0.15, 0.2) is 36.9 Å². The molecule has 174 valence electrons. The van der Waals surface area contributed by atoms with Crippen LogP contribution in [0.3, 0.4) is 0 Å². The zero-order chi connectivity index (χ0) is 22.6. The Morgan fingerprint density at radius 3 is 2.66 bits per heavy atom. The zero-order valence-electron chi connectivity index (χ0n) is 19.2. The summed E-state index contributed by atoms with van der Waals surface area (Å²) in [6, 6.07) is 3.49. The number of aromatic nitrogens is 1. The first-order valence-corrected chi connectivity index (χ1v) is 12.0. The van der Waals surface area contributed by atoms with Gasteiger partial charge in [-0.25, -0.2) is 0 Å². The van der Waals surface area contributed by atoms with Crippen LogP contribution in [0.25, 0.3) is 0 Å². The molecule has 3 fully saturated rings. The van der Waals surface area contributed by atoms with Gasteiger partial charge < -0.3 is 19.9 Å². The summed E-state index contributed by atoms with van der Waals surface area (Å²) >= 11 is 0. The van der Waals surface area contributed by atoms with Gasteiger partial charge in [-0.2, -0.15) is 0 Å². The third-order valence-corrected chi connectivity index (χ3v) is 7.73. The van der Waals surface area contributed by atoms with Gasteiger partial charge in [-0.1, -0.05) is 13.5 Å². The highest BCUT2D eigenvalue weighted by Gasteiger charge is 2.54. The van der Waals surface area contributed by atoms with Crippen molar-refractivity contribution >= 4 is 11.8 Å². The molecule has 1 N–H and O–H groups in total. The number of nitrogens with one attached hydrogen (secondary N) is 1. The van der Waals surface area contributed by atoms with Gasteiger partial charge in [-0.3, -0.25) is 14.6 Å². The lowest BCUT2D eigenvalue weighted by Crippen LogP contribution is -2.42. The highest BCUT2D eigenvalue weighted by molar-refractivity contribution is 5.91. The topological polar surface area (TPSA) is 74.8 Å². The molecule has 1 atom stereocenters. The van der Waals surface area contributed by atoms with Gasteiger partial charge in [0.2, 0.25) is 5.91 Å². The van der Waals surface area contributed by atoms with Gasteiger partial charge >= 0.3 is 0 Å². The van der Waals surface area contributed by atoms with Crippen molar-refractivity contribution in [1.82, 2.24) is 20.1 Å². The number of hydrogen-bond acceptors (Lipinski definition) is 5. The first-order chi connectivity index (χ1) is 15.5. The van der Waals surface area contributed by atoms with Crippen molar-refractivity contribution in [1.29, 1.82) is 0 Å². The molecule has 1 unspecified atom stereocenters. The van der Waals surface area contributed by atoms with E-state index in [1.165, 1.54) is 0 Å². The Morgan fingerprint density at radius 1 is 1.25 bits per heavy atom. The molecular formula is C25H36N4O3. The molecule has 2 saturated heterocycles. The second-order valence-corrected chi connectivity index (χ2v) is 9.65. The number of piperidine rings is 2. The van der Waals surface area contributed by atoms with E-state index < -0.39 is 0 Å². The van der Waals surface area contributed by atoms with E-state index in [4.69, 9.17) is 4.74 Å². The van der Waals surface area contributed by atoms with Crippen LogP contribution in [0.1, 0.15) is 45.4 Å². The minimum absolute atomic E-state index is 0.0814. The fraction of sp³-hybridized carbons (Fsp3) is 0.640. The average molecular weight is 441 g/mol. The van der Waals surface area contributed by atoms with Crippen molar-refractivity contribution in [2.45, 2.75) is 45.4 Å². The van der Waals surface area contributed by atoms with E-state index in [0.29, 0.717) is 41.9 Å². The lowest BCUT2D eigenvalue weighted by molar-refractivity contribution is -0.134. The van der Waals surface area contributed by atoms with Crippen molar-refractivity contribution in [2.24, 2.45) is 17.3 Å². The Bertz CT molecular complexity index is 812. The van der Waals surface area contributed by atoms with Crippen LogP contribution in [0.5, 0.6) is 5.75 Å². The summed E-state index contributed by atoms with van der Waals surface area (Å²) in [4.78, 5) is 33.6. The molecule has 0 radical (unpaired) electrons. The van der Waals surface area contributed by atoms with E-state index in [1.54, 1.807) is 24.5 Å². The number of carbonyl (C=O) groups is 2. The summed E-state index contributed by atoms with van der Waals surface area (Å²) in [7, 11) is 0. The molecule has 1 saturated carbocycles. The van der Waals surface area contributed by atoms with Crippen molar-refractivity contribution in [3.05, 3.63) is 36.9 Å². The molecule has 3 aliphatic rings. The Kier molecular flexibility index (Phi) is 7.13. The van der Waals surface area contributed by atoms with Gasteiger partial charge in [0.1, 0.15) is 5.75 Å². The van der Waals surface area contributed by atoms with Gasteiger partial charge in [0.15, 0.2) is 5.76 Å². The fourth-order valence-electron chi connectivity index (χ4n) is 5.33. The van der Waals surface area contributed by atoms with Gasteiger partial charge in [0, 0.05) is 32.3 Å². The third kappa shape index (κ3) is 5.49. The first-order valence-electron chi connectivity index (χ1n) is 12.0. The van der Waals surface area contributed by atoms with E-state index in [9.17, 15) is 9.59 Å². The molecule has 7 heteroatoms. The molecular weight excluding hydrogens is 404 g/mol. The van der Waals surface area contributed by atoms with E-state index >= 15 is 0 Å². The Morgan fingerprint density at radius 2 is 2.00 bits per heavy atom. The number of pyridine rings is 1. The van der Waals surface area contributed by atoms with E-state index in [-0.39, 0.29) is 11.7 Å². The third-order valence-electron chi connectivity index (χ3n) is 7.73. The predicted octanol–water partition coefficient (Wildman–Crippen LogP) is 2.84. The maximum atomic E-state index is 12.8.